The van der Waals surface area contributed by atoms with Gasteiger partial charge in [0.25, 0.3) is 0 Å². The van der Waals surface area contributed by atoms with Crippen molar-refractivity contribution in [2.75, 3.05) is 0 Å². The molecule has 4 aromatic rings. The molecule has 25 heavy (non-hydrogen) atoms. The minimum atomic E-state index is 0.817. The third-order valence-electron chi connectivity index (χ3n) is 4.16. The van der Waals surface area contributed by atoms with Crippen LogP contribution in [-0.4, -0.2) is 14.8 Å². The summed E-state index contributed by atoms with van der Waals surface area (Å²) in [5.74, 6) is 0. The smallest absolute Gasteiger partial charge is 0.0648 e. The van der Waals surface area contributed by atoms with Crippen LogP contribution < -0.4 is 0 Å². The van der Waals surface area contributed by atoms with Crippen molar-refractivity contribution in [3.05, 3.63) is 114 Å². The van der Waals surface area contributed by atoms with Gasteiger partial charge in [-0.2, -0.15) is 5.10 Å². The normalized spacial score (nSPS) is 10.7. The van der Waals surface area contributed by atoms with E-state index in [-0.39, 0.29) is 0 Å². The fourth-order valence-corrected chi connectivity index (χ4v) is 2.97. The van der Waals surface area contributed by atoms with E-state index in [4.69, 9.17) is 4.98 Å². The van der Waals surface area contributed by atoms with Crippen molar-refractivity contribution in [1.29, 1.82) is 0 Å². The molecule has 0 radical (unpaired) electrons. The fraction of sp³-hybridized carbons (Fsp3) is 0.0909. The zero-order valence-electron chi connectivity index (χ0n) is 13.9. The highest BCUT2D eigenvalue weighted by atomic mass is 15.3. The topological polar surface area (TPSA) is 30.7 Å². The highest BCUT2D eigenvalue weighted by Gasteiger charge is 2.03. The van der Waals surface area contributed by atoms with Crippen LogP contribution in [0.5, 0.6) is 0 Å². The van der Waals surface area contributed by atoms with Crippen LogP contribution in [0.1, 0.15) is 22.5 Å². The lowest BCUT2D eigenvalue weighted by atomic mass is 10.1. The molecule has 122 valence electrons. The molecule has 0 saturated carbocycles. The van der Waals surface area contributed by atoms with Crippen LogP contribution in [0.3, 0.4) is 0 Å². The summed E-state index contributed by atoms with van der Waals surface area (Å²) in [6.07, 6.45) is 5.43. The zero-order chi connectivity index (χ0) is 16.9. The molecular weight excluding hydrogens is 306 g/mol. The summed E-state index contributed by atoms with van der Waals surface area (Å²) in [6.45, 7) is 0. The number of pyridine rings is 1. The Morgan fingerprint density at radius 2 is 1.40 bits per heavy atom. The van der Waals surface area contributed by atoms with E-state index in [0.717, 1.165) is 29.9 Å². The van der Waals surface area contributed by atoms with Gasteiger partial charge in [0.1, 0.15) is 0 Å². The maximum atomic E-state index is 4.83. The Morgan fingerprint density at radius 3 is 2.16 bits per heavy atom. The molecule has 0 aliphatic rings. The second kappa shape index (κ2) is 7.14. The summed E-state index contributed by atoms with van der Waals surface area (Å²) in [6, 6.07) is 27.1. The third kappa shape index (κ3) is 3.83. The van der Waals surface area contributed by atoms with Crippen molar-refractivity contribution in [3.8, 4) is 5.69 Å². The van der Waals surface area contributed by atoms with Crippen LogP contribution in [0.2, 0.25) is 0 Å². The highest BCUT2D eigenvalue weighted by molar-refractivity contribution is 5.37. The number of nitrogens with zero attached hydrogens (tertiary/aromatic N) is 3. The molecule has 0 aliphatic carbocycles. The largest absolute Gasteiger partial charge is 0.257 e. The van der Waals surface area contributed by atoms with Crippen molar-refractivity contribution in [2.45, 2.75) is 12.8 Å². The van der Waals surface area contributed by atoms with E-state index in [1.54, 1.807) is 6.20 Å². The molecule has 4 rings (SSSR count). The molecule has 0 unspecified atom stereocenters. The van der Waals surface area contributed by atoms with Gasteiger partial charge in [-0.15, -0.1) is 0 Å². The number of hydrogen-bond donors (Lipinski definition) is 0. The first-order valence-corrected chi connectivity index (χ1v) is 8.44. The van der Waals surface area contributed by atoms with E-state index in [1.165, 1.54) is 11.1 Å². The molecule has 0 amide bonds. The molecule has 0 fully saturated rings. The van der Waals surface area contributed by atoms with Gasteiger partial charge < -0.3 is 0 Å². The Morgan fingerprint density at radius 1 is 0.680 bits per heavy atom. The summed E-state index contributed by atoms with van der Waals surface area (Å²) >= 11 is 0. The first kappa shape index (κ1) is 15.3. The average molecular weight is 325 g/mol. The number of aromatic nitrogens is 3. The molecule has 0 bridgehead atoms. The van der Waals surface area contributed by atoms with Crippen molar-refractivity contribution >= 4 is 0 Å². The van der Waals surface area contributed by atoms with E-state index < -0.39 is 0 Å². The molecule has 3 nitrogen and oxygen atoms in total. The number of benzene rings is 2. The van der Waals surface area contributed by atoms with Gasteiger partial charge in [0.2, 0.25) is 0 Å². The molecular formula is C22H19N3. The van der Waals surface area contributed by atoms with Gasteiger partial charge in [0.05, 0.1) is 5.69 Å². The lowest BCUT2D eigenvalue weighted by Crippen LogP contribution is -1.99. The second-order valence-corrected chi connectivity index (χ2v) is 6.08. The molecule has 2 heterocycles. The van der Waals surface area contributed by atoms with Gasteiger partial charge in [-0.05, 0) is 41.5 Å². The third-order valence-corrected chi connectivity index (χ3v) is 4.16. The van der Waals surface area contributed by atoms with Crippen LogP contribution in [0.15, 0.2) is 91.3 Å². The molecule has 0 atom stereocenters. The van der Waals surface area contributed by atoms with E-state index in [0.29, 0.717) is 0 Å². The quantitative estimate of drug-likeness (QED) is 0.543. The summed E-state index contributed by atoms with van der Waals surface area (Å²) in [5, 5.41) is 4.30. The van der Waals surface area contributed by atoms with Crippen LogP contribution in [0, 0.1) is 0 Å². The van der Waals surface area contributed by atoms with E-state index in [1.807, 2.05) is 23.0 Å². The molecule has 0 aliphatic heterocycles. The Labute approximate surface area is 147 Å². The minimum absolute atomic E-state index is 0.817. The maximum Gasteiger partial charge on any atom is 0.0648 e. The Kier molecular flexibility index (Phi) is 4.38. The van der Waals surface area contributed by atoms with Gasteiger partial charge in [-0.1, -0.05) is 48.5 Å². The lowest BCUT2D eigenvalue weighted by molar-refractivity contribution is 0.877. The minimum Gasteiger partial charge on any atom is -0.257 e. The Balaban J connectivity index is 1.53. The van der Waals surface area contributed by atoms with Crippen molar-refractivity contribution < 1.29 is 0 Å². The van der Waals surface area contributed by atoms with E-state index in [9.17, 15) is 0 Å². The SMILES string of the molecule is c1ccc(Cc2cccc(Cc3cccc(-n4cccn4)c3)n2)cc1. The summed E-state index contributed by atoms with van der Waals surface area (Å²) < 4.78 is 1.88. The van der Waals surface area contributed by atoms with Crippen LogP contribution >= 0.6 is 0 Å². The molecule has 2 aromatic carbocycles. The second-order valence-electron chi connectivity index (χ2n) is 6.08. The van der Waals surface area contributed by atoms with Crippen molar-refractivity contribution in [1.82, 2.24) is 14.8 Å². The molecule has 0 spiro atoms. The van der Waals surface area contributed by atoms with E-state index >= 15 is 0 Å². The van der Waals surface area contributed by atoms with Gasteiger partial charge >= 0.3 is 0 Å². The monoisotopic (exact) mass is 325 g/mol. The van der Waals surface area contributed by atoms with Crippen LogP contribution in [-0.2, 0) is 12.8 Å². The first-order chi connectivity index (χ1) is 12.4. The van der Waals surface area contributed by atoms with Gasteiger partial charge in [0, 0.05) is 36.6 Å². The molecule has 0 N–H and O–H groups in total. The molecule has 3 heteroatoms. The van der Waals surface area contributed by atoms with Gasteiger partial charge in [-0.3, -0.25) is 4.98 Å². The first-order valence-electron chi connectivity index (χ1n) is 8.44. The standard InChI is InChI=1S/C22H19N3/c1-2-7-18(8-3-1)15-20-10-5-11-21(24-20)16-19-9-4-12-22(17-19)25-14-6-13-23-25/h1-14,17H,15-16H2. The van der Waals surface area contributed by atoms with Gasteiger partial charge in [0.15, 0.2) is 0 Å². The summed E-state index contributed by atoms with van der Waals surface area (Å²) in [7, 11) is 0. The fourth-order valence-electron chi connectivity index (χ4n) is 2.97. The highest BCUT2D eigenvalue weighted by Crippen LogP contribution is 2.14. The van der Waals surface area contributed by atoms with E-state index in [2.05, 4.69) is 71.8 Å². The van der Waals surface area contributed by atoms with Crippen LogP contribution in [0.25, 0.3) is 5.69 Å². The predicted octanol–water partition coefficient (Wildman–Crippen LogP) is 4.45. The average Bonchev–Trinajstić information content (AvgIpc) is 3.18. The Bertz CT molecular complexity index is 944. The maximum absolute atomic E-state index is 4.83. The van der Waals surface area contributed by atoms with Crippen molar-refractivity contribution in [2.24, 2.45) is 0 Å². The molecule has 0 saturated heterocycles. The van der Waals surface area contributed by atoms with Gasteiger partial charge in [-0.25, -0.2) is 4.68 Å². The number of rotatable bonds is 5. The molecule has 2 aromatic heterocycles. The number of hydrogen-bond acceptors (Lipinski definition) is 2. The predicted molar refractivity (Wildman–Crippen MR) is 99.9 cm³/mol. The zero-order valence-corrected chi connectivity index (χ0v) is 13.9. The van der Waals surface area contributed by atoms with Crippen LogP contribution in [0.4, 0.5) is 0 Å². The summed E-state index contributed by atoms with van der Waals surface area (Å²) in [4.78, 5) is 4.83. The lowest BCUT2D eigenvalue weighted by Gasteiger charge is -2.07. The Hall–Kier alpha value is -3.20. The van der Waals surface area contributed by atoms with Crippen molar-refractivity contribution in [3.63, 3.8) is 0 Å². The summed E-state index contributed by atoms with van der Waals surface area (Å²) in [5.41, 5.74) is 5.78.